The molecule has 1 fully saturated rings. The molecule has 0 spiro atoms. The van der Waals surface area contributed by atoms with Crippen LogP contribution in [-0.4, -0.2) is 56.9 Å². The molecular formula is C23H28Cl2FN3O3. The number of Topliss-reactive ketones (excluding diaryl/α,β-unsaturated/α-hetero) is 1. The summed E-state index contributed by atoms with van der Waals surface area (Å²) in [6.07, 6.45) is 1.50. The lowest BCUT2D eigenvalue weighted by Gasteiger charge is -2.31. The number of rotatable bonds is 8. The smallest absolute Gasteiger partial charge is 0.255 e. The van der Waals surface area contributed by atoms with Crippen LogP contribution in [0.2, 0.25) is 5.02 Å². The molecule has 2 aromatic carbocycles. The van der Waals surface area contributed by atoms with Crippen LogP contribution in [0.15, 0.2) is 36.4 Å². The Balaban J connectivity index is 0.00000363. The molecule has 1 aliphatic heterocycles. The van der Waals surface area contributed by atoms with Crippen molar-refractivity contribution in [1.82, 2.24) is 10.2 Å². The summed E-state index contributed by atoms with van der Waals surface area (Å²) in [5.41, 5.74) is 1.63. The minimum absolute atomic E-state index is 0. The molecule has 0 radical (unpaired) electrons. The number of nitrogens with one attached hydrogen (secondary N) is 2. The lowest BCUT2D eigenvalue weighted by Crippen LogP contribution is -2.41. The zero-order valence-corrected chi connectivity index (χ0v) is 19.7. The highest BCUT2D eigenvalue weighted by Gasteiger charge is 2.25. The molecule has 1 heterocycles. The van der Waals surface area contributed by atoms with Crippen molar-refractivity contribution in [2.75, 3.05) is 45.7 Å². The van der Waals surface area contributed by atoms with E-state index < -0.39 is 0 Å². The van der Waals surface area contributed by atoms with Crippen molar-refractivity contribution in [3.05, 3.63) is 58.4 Å². The molecule has 32 heavy (non-hydrogen) atoms. The van der Waals surface area contributed by atoms with Crippen LogP contribution >= 0.6 is 24.0 Å². The molecule has 0 unspecified atom stereocenters. The molecule has 9 heteroatoms. The number of halogens is 3. The van der Waals surface area contributed by atoms with E-state index in [4.69, 9.17) is 16.3 Å². The van der Waals surface area contributed by atoms with Gasteiger partial charge in [-0.25, -0.2) is 4.39 Å². The Kier molecular flexibility index (Phi) is 9.75. The fourth-order valence-corrected chi connectivity index (χ4v) is 4.04. The van der Waals surface area contributed by atoms with Crippen LogP contribution in [0.4, 0.5) is 10.1 Å². The summed E-state index contributed by atoms with van der Waals surface area (Å²) in [6, 6.07) is 9.01. The Labute approximate surface area is 198 Å². The van der Waals surface area contributed by atoms with E-state index in [-0.39, 0.29) is 35.8 Å². The van der Waals surface area contributed by atoms with Gasteiger partial charge in [0.05, 0.1) is 23.4 Å². The number of hydrogen-bond acceptors (Lipinski definition) is 5. The maximum absolute atomic E-state index is 13.1. The van der Waals surface area contributed by atoms with Crippen molar-refractivity contribution < 1.29 is 18.7 Å². The van der Waals surface area contributed by atoms with E-state index in [0.29, 0.717) is 40.7 Å². The summed E-state index contributed by atoms with van der Waals surface area (Å²) >= 11 is 6.20. The second kappa shape index (κ2) is 12.0. The maximum Gasteiger partial charge on any atom is 0.255 e. The topological polar surface area (TPSA) is 70.7 Å². The van der Waals surface area contributed by atoms with E-state index in [1.165, 1.54) is 19.2 Å². The van der Waals surface area contributed by atoms with E-state index in [9.17, 15) is 14.0 Å². The number of piperidine rings is 1. The van der Waals surface area contributed by atoms with E-state index in [1.54, 1.807) is 31.3 Å². The summed E-state index contributed by atoms with van der Waals surface area (Å²) in [7, 11) is 3.26. The summed E-state index contributed by atoms with van der Waals surface area (Å²) < 4.78 is 18.4. The Hall–Kier alpha value is -2.35. The number of ether oxygens (including phenoxy) is 1. The molecule has 0 saturated carbocycles. The molecular weight excluding hydrogens is 456 g/mol. The fourth-order valence-electron chi connectivity index (χ4n) is 3.78. The van der Waals surface area contributed by atoms with Crippen LogP contribution in [0, 0.1) is 11.7 Å². The van der Waals surface area contributed by atoms with E-state index in [1.807, 2.05) is 0 Å². The number of hydrogen-bond donors (Lipinski definition) is 2. The number of anilines is 1. The Morgan fingerprint density at radius 3 is 2.44 bits per heavy atom. The highest BCUT2D eigenvalue weighted by molar-refractivity contribution is 6.33. The average Bonchev–Trinajstić information content (AvgIpc) is 2.79. The number of nitrogens with zero attached hydrogens (tertiary/aromatic N) is 1. The molecule has 6 nitrogen and oxygen atoms in total. The van der Waals surface area contributed by atoms with Crippen molar-refractivity contribution in [2.24, 2.45) is 5.92 Å². The van der Waals surface area contributed by atoms with E-state index in [2.05, 4.69) is 15.5 Å². The van der Waals surface area contributed by atoms with Gasteiger partial charge in [0.2, 0.25) is 0 Å². The largest absolute Gasteiger partial charge is 0.496 e. The van der Waals surface area contributed by atoms with Crippen molar-refractivity contribution >= 4 is 41.4 Å². The van der Waals surface area contributed by atoms with Crippen LogP contribution in [0.25, 0.3) is 0 Å². The first-order valence-electron chi connectivity index (χ1n) is 10.3. The lowest BCUT2D eigenvalue weighted by molar-refractivity contribution is 0.0839. The van der Waals surface area contributed by atoms with Crippen molar-refractivity contribution in [2.45, 2.75) is 12.8 Å². The quantitative estimate of drug-likeness (QED) is 0.548. The average molecular weight is 484 g/mol. The van der Waals surface area contributed by atoms with Gasteiger partial charge in [-0.05, 0) is 56.3 Å². The van der Waals surface area contributed by atoms with Crippen LogP contribution in [-0.2, 0) is 0 Å². The van der Waals surface area contributed by atoms with Gasteiger partial charge in [-0.3, -0.25) is 9.59 Å². The number of benzene rings is 2. The van der Waals surface area contributed by atoms with Crippen LogP contribution in [0.3, 0.4) is 0 Å². The lowest BCUT2D eigenvalue weighted by atomic mass is 9.89. The third-order valence-corrected chi connectivity index (χ3v) is 5.92. The molecule has 2 N–H and O–H groups in total. The third kappa shape index (κ3) is 6.34. The van der Waals surface area contributed by atoms with Gasteiger partial charge in [0, 0.05) is 37.7 Å². The molecule has 2 aromatic rings. The minimum atomic E-state index is -0.341. The van der Waals surface area contributed by atoms with Gasteiger partial charge in [0.25, 0.3) is 5.91 Å². The second-order valence-corrected chi connectivity index (χ2v) is 7.93. The van der Waals surface area contributed by atoms with Crippen molar-refractivity contribution in [3.8, 4) is 5.75 Å². The molecule has 0 atom stereocenters. The predicted octanol–water partition coefficient (Wildman–Crippen LogP) is 4.28. The highest BCUT2D eigenvalue weighted by atomic mass is 35.5. The van der Waals surface area contributed by atoms with Gasteiger partial charge < -0.3 is 20.3 Å². The third-order valence-electron chi connectivity index (χ3n) is 5.60. The molecule has 0 aromatic heterocycles. The predicted molar refractivity (Wildman–Crippen MR) is 127 cm³/mol. The Morgan fingerprint density at radius 2 is 1.84 bits per heavy atom. The number of carbonyl (C=O) groups is 2. The zero-order chi connectivity index (χ0) is 22.4. The Morgan fingerprint density at radius 1 is 1.19 bits per heavy atom. The summed E-state index contributed by atoms with van der Waals surface area (Å²) in [5, 5.41) is 6.31. The SMILES string of the molecule is CNc1cc(OC)c(C(=O)NCCN2CCC(C(=O)c3ccc(F)cc3)CC2)cc1Cl.Cl. The monoisotopic (exact) mass is 483 g/mol. The summed E-state index contributed by atoms with van der Waals surface area (Å²) in [6.45, 7) is 2.72. The number of likely N-dealkylation sites (tertiary alicyclic amines) is 1. The Bertz CT molecular complexity index is 933. The number of ketones is 1. The standard InChI is InChI=1S/C23H27ClFN3O3.ClH/c1-26-20-14-21(31-2)18(13-19(20)24)23(30)27-9-12-28-10-7-16(8-11-28)22(29)15-3-5-17(25)6-4-15;/h3-6,13-14,16,26H,7-12H2,1-2H3,(H,27,30);1H. The van der Waals surface area contributed by atoms with Gasteiger partial charge in [-0.1, -0.05) is 11.6 Å². The molecule has 1 aliphatic rings. The number of amides is 1. The normalized spacial score (nSPS) is 14.4. The fraction of sp³-hybridized carbons (Fsp3) is 0.391. The number of carbonyl (C=O) groups excluding carboxylic acids is 2. The first kappa shape index (κ1) is 25.9. The molecule has 174 valence electrons. The number of methoxy groups -OCH3 is 1. The maximum atomic E-state index is 13.1. The van der Waals surface area contributed by atoms with Gasteiger partial charge in [-0.2, -0.15) is 0 Å². The minimum Gasteiger partial charge on any atom is -0.496 e. The van der Waals surface area contributed by atoms with E-state index in [0.717, 1.165) is 25.9 Å². The van der Waals surface area contributed by atoms with E-state index >= 15 is 0 Å². The first-order chi connectivity index (χ1) is 14.9. The first-order valence-corrected chi connectivity index (χ1v) is 10.7. The molecule has 1 saturated heterocycles. The van der Waals surface area contributed by atoms with Gasteiger partial charge in [0.1, 0.15) is 11.6 Å². The van der Waals surface area contributed by atoms with Gasteiger partial charge in [0.15, 0.2) is 5.78 Å². The molecule has 1 amide bonds. The zero-order valence-electron chi connectivity index (χ0n) is 18.1. The van der Waals surface area contributed by atoms with Crippen LogP contribution in [0.1, 0.15) is 33.6 Å². The van der Waals surface area contributed by atoms with Gasteiger partial charge in [-0.15, -0.1) is 12.4 Å². The van der Waals surface area contributed by atoms with Crippen molar-refractivity contribution in [1.29, 1.82) is 0 Å². The second-order valence-electron chi connectivity index (χ2n) is 7.53. The van der Waals surface area contributed by atoms with Gasteiger partial charge >= 0.3 is 0 Å². The highest BCUT2D eigenvalue weighted by Crippen LogP contribution is 2.30. The van der Waals surface area contributed by atoms with Crippen molar-refractivity contribution in [3.63, 3.8) is 0 Å². The van der Waals surface area contributed by atoms with Crippen LogP contribution in [0.5, 0.6) is 5.75 Å². The summed E-state index contributed by atoms with van der Waals surface area (Å²) in [5.74, 6) is -0.115. The molecule has 0 bridgehead atoms. The molecule has 0 aliphatic carbocycles. The summed E-state index contributed by atoms with van der Waals surface area (Å²) in [4.78, 5) is 27.4. The van der Waals surface area contributed by atoms with Crippen LogP contribution < -0.4 is 15.4 Å². The molecule has 3 rings (SSSR count).